The molecule has 1 saturated heterocycles. The molecule has 4 nitrogen and oxygen atoms in total. The lowest BCUT2D eigenvalue weighted by atomic mass is 10.0. The van der Waals surface area contributed by atoms with E-state index in [1.165, 1.54) is 14.2 Å². The third kappa shape index (κ3) is 3.19. The molecule has 0 bridgehead atoms. The van der Waals surface area contributed by atoms with Crippen LogP contribution in [0.15, 0.2) is 18.2 Å². The molecule has 0 aliphatic carbocycles. The summed E-state index contributed by atoms with van der Waals surface area (Å²) in [5.41, 5.74) is 0.555. The van der Waals surface area contributed by atoms with E-state index in [0.29, 0.717) is 30.2 Å². The SMILES string of the molecule is COc1ccc([C@H](C(F)F)N2CCNCC2)cc1OC. The maximum Gasteiger partial charge on any atom is 0.258 e. The lowest BCUT2D eigenvalue weighted by molar-refractivity contribution is 0.0181. The average molecular weight is 286 g/mol. The summed E-state index contributed by atoms with van der Waals surface area (Å²) in [7, 11) is 3.03. The molecule has 0 spiro atoms. The van der Waals surface area contributed by atoms with Gasteiger partial charge in [-0.3, -0.25) is 4.90 Å². The van der Waals surface area contributed by atoms with E-state index < -0.39 is 12.5 Å². The van der Waals surface area contributed by atoms with Crippen molar-refractivity contribution >= 4 is 0 Å². The van der Waals surface area contributed by atoms with E-state index in [1.807, 2.05) is 4.90 Å². The summed E-state index contributed by atoms with van der Waals surface area (Å²) < 4.78 is 37.2. The Morgan fingerprint density at radius 2 is 1.75 bits per heavy atom. The Kier molecular flexibility index (Phi) is 5.14. The van der Waals surface area contributed by atoms with Crippen molar-refractivity contribution < 1.29 is 18.3 Å². The van der Waals surface area contributed by atoms with Gasteiger partial charge in [-0.2, -0.15) is 0 Å². The number of ether oxygens (including phenoxy) is 2. The molecular formula is C14H20F2N2O2. The van der Waals surface area contributed by atoms with Crippen molar-refractivity contribution in [1.82, 2.24) is 10.2 Å². The van der Waals surface area contributed by atoms with Gasteiger partial charge in [0.05, 0.1) is 20.3 Å². The maximum atomic E-state index is 13.5. The van der Waals surface area contributed by atoms with E-state index in [0.717, 1.165) is 13.1 Å². The van der Waals surface area contributed by atoms with Crippen LogP contribution in [0.25, 0.3) is 0 Å². The fourth-order valence-corrected chi connectivity index (χ4v) is 2.51. The number of hydrogen-bond donors (Lipinski definition) is 1. The molecule has 1 aromatic carbocycles. The zero-order chi connectivity index (χ0) is 14.5. The molecule has 1 aliphatic heterocycles. The average Bonchev–Trinajstić information content (AvgIpc) is 2.48. The smallest absolute Gasteiger partial charge is 0.258 e. The molecule has 1 N–H and O–H groups in total. The van der Waals surface area contributed by atoms with E-state index in [-0.39, 0.29) is 0 Å². The van der Waals surface area contributed by atoms with Crippen LogP contribution in [0.1, 0.15) is 11.6 Å². The van der Waals surface area contributed by atoms with E-state index in [1.54, 1.807) is 18.2 Å². The molecule has 1 atom stereocenters. The molecule has 1 aliphatic rings. The molecule has 20 heavy (non-hydrogen) atoms. The predicted molar refractivity (Wildman–Crippen MR) is 72.7 cm³/mol. The van der Waals surface area contributed by atoms with Gasteiger partial charge in [0.2, 0.25) is 0 Å². The first kappa shape index (κ1) is 15.0. The third-order valence-electron chi connectivity index (χ3n) is 3.53. The predicted octanol–water partition coefficient (Wildman–Crippen LogP) is 1.92. The molecule has 1 aromatic rings. The van der Waals surface area contributed by atoms with Gasteiger partial charge in [-0.05, 0) is 17.7 Å². The normalized spacial score (nSPS) is 18.1. The fourth-order valence-electron chi connectivity index (χ4n) is 2.51. The van der Waals surface area contributed by atoms with Gasteiger partial charge in [0.1, 0.15) is 0 Å². The first-order valence-electron chi connectivity index (χ1n) is 6.62. The van der Waals surface area contributed by atoms with Crippen LogP contribution in [0.2, 0.25) is 0 Å². The second-order valence-corrected chi connectivity index (χ2v) is 4.68. The lowest BCUT2D eigenvalue weighted by Crippen LogP contribution is -2.46. The Balaban J connectivity index is 2.28. The second kappa shape index (κ2) is 6.85. The van der Waals surface area contributed by atoms with Gasteiger partial charge < -0.3 is 14.8 Å². The standard InChI is InChI=1S/C14H20F2N2O2/c1-19-11-4-3-10(9-12(11)20-2)13(14(15)16)18-7-5-17-6-8-18/h3-4,9,13-14,17H,5-8H2,1-2H3/t13-/m1/s1. The molecular weight excluding hydrogens is 266 g/mol. The molecule has 0 amide bonds. The molecule has 2 rings (SSSR count). The van der Waals surface area contributed by atoms with Crippen molar-refractivity contribution in [2.24, 2.45) is 0 Å². The van der Waals surface area contributed by atoms with Crippen LogP contribution in [-0.2, 0) is 0 Å². The number of benzene rings is 1. The molecule has 0 aromatic heterocycles. The highest BCUT2D eigenvalue weighted by Gasteiger charge is 2.30. The first-order valence-corrected chi connectivity index (χ1v) is 6.62. The van der Waals surface area contributed by atoms with Gasteiger partial charge in [-0.15, -0.1) is 0 Å². The zero-order valence-corrected chi connectivity index (χ0v) is 11.7. The fraction of sp³-hybridized carbons (Fsp3) is 0.571. The molecule has 6 heteroatoms. The highest BCUT2D eigenvalue weighted by atomic mass is 19.3. The number of nitrogens with zero attached hydrogens (tertiary/aromatic N) is 1. The summed E-state index contributed by atoms with van der Waals surface area (Å²) in [6.07, 6.45) is -2.44. The summed E-state index contributed by atoms with van der Waals surface area (Å²) >= 11 is 0. The Bertz CT molecular complexity index is 437. The number of halogens is 2. The summed E-state index contributed by atoms with van der Waals surface area (Å²) in [6, 6.07) is 4.08. The van der Waals surface area contributed by atoms with Crippen LogP contribution in [0.5, 0.6) is 11.5 Å². The van der Waals surface area contributed by atoms with Crippen LogP contribution in [0, 0.1) is 0 Å². The van der Waals surface area contributed by atoms with Crippen molar-refractivity contribution in [1.29, 1.82) is 0 Å². The number of methoxy groups -OCH3 is 2. The topological polar surface area (TPSA) is 33.7 Å². The Labute approximate surface area is 117 Å². The van der Waals surface area contributed by atoms with E-state index in [9.17, 15) is 8.78 Å². The molecule has 1 fully saturated rings. The summed E-state index contributed by atoms with van der Waals surface area (Å²) in [4.78, 5) is 1.81. The Hall–Kier alpha value is -1.40. The highest BCUT2D eigenvalue weighted by molar-refractivity contribution is 5.44. The molecule has 0 unspecified atom stereocenters. The van der Waals surface area contributed by atoms with Crippen LogP contribution in [-0.4, -0.2) is 51.7 Å². The lowest BCUT2D eigenvalue weighted by Gasteiger charge is -2.34. The van der Waals surface area contributed by atoms with Crippen LogP contribution < -0.4 is 14.8 Å². The summed E-state index contributed by atoms with van der Waals surface area (Å²) in [6.45, 7) is 2.69. The van der Waals surface area contributed by atoms with Gasteiger partial charge >= 0.3 is 0 Å². The number of alkyl halides is 2. The summed E-state index contributed by atoms with van der Waals surface area (Å²) in [5.74, 6) is 1.02. The van der Waals surface area contributed by atoms with E-state index in [4.69, 9.17) is 9.47 Å². The van der Waals surface area contributed by atoms with Crippen LogP contribution >= 0.6 is 0 Å². The van der Waals surface area contributed by atoms with Crippen molar-refractivity contribution in [3.05, 3.63) is 23.8 Å². The second-order valence-electron chi connectivity index (χ2n) is 4.68. The Morgan fingerprint density at radius 1 is 1.10 bits per heavy atom. The number of rotatable bonds is 5. The molecule has 1 heterocycles. The van der Waals surface area contributed by atoms with Crippen molar-refractivity contribution in [3.8, 4) is 11.5 Å². The van der Waals surface area contributed by atoms with Gasteiger partial charge in [0.25, 0.3) is 6.43 Å². The third-order valence-corrected chi connectivity index (χ3v) is 3.53. The van der Waals surface area contributed by atoms with Gasteiger partial charge in [0.15, 0.2) is 11.5 Å². The minimum Gasteiger partial charge on any atom is -0.493 e. The molecule has 0 radical (unpaired) electrons. The molecule has 112 valence electrons. The monoisotopic (exact) mass is 286 g/mol. The van der Waals surface area contributed by atoms with Crippen LogP contribution in [0.3, 0.4) is 0 Å². The number of nitrogens with one attached hydrogen (secondary N) is 1. The highest BCUT2D eigenvalue weighted by Crippen LogP contribution is 2.34. The first-order chi connectivity index (χ1) is 9.67. The largest absolute Gasteiger partial charge is 0.493 e. The van der Waals surface area contributed by atoms with Crippen molar-refractivity contribution in [3.63, 3.8) is 0 Å². The maximum absolute atomic E-state index is 13.5. The van der Waals surface area contributed by atoms with E-state index >= 15 is 0 Å². The van der Waals surface area contributed by atoms with Gasteiger partial charge in [-0.1, -0.05) is 6.07 Å². The minimum atomic E-state index is -2.44. The Morgan fingerprint density at radius 3 is 2.30 bits per heavy atom. The van der Waals surface area contributed by atoms with Crippen molar-refractivity contribution in [2.75, 3.05) is 40.4 Å². The zero-order valence-electron chi connectivity index (χ0n) is 11.7. The number of piperazine rings is 1. The van der Waals surface area contributed by atoms with Gasteiger partial charge in [0, 0.05) is 26.2 Å². The van der Waals surface area contributed by atoms with Crippen molar-refractivity contribution in [2.45, 2.75) is 12.5 Å². The number of hydrogen-bond acceptors (Lipinski definition) is 4. The van der Waals surface area contributed by atoms with Crippen LogP contribution in [0.4, 0.5) is 8.78 Å². The van der Waals surface area contributed by atoms with E-state index in [2.05, 4.69) is 5.32 Å². The minimum absolute atomic E-state index is 0.478. The summed E-state index contributed by atoms with van der Waals surface area (Å²) in [5, 5.41) is 3.17. The quantitative estimate of drug-likeness (QED) is 0.896. The molecule has 0 saturated carbocycles. The van der Waals surface area contributed by atoms with Gasteiger partial charge in [-0.25, -0.2) is 8.78 Å².